The van der Waals surface area contributed by atoms with Crippen molar-refractivity contribution in [2.24, 2.45) is 4.99 Å². The maximum atomic E-state index is 6.32. The summed E-state index contributed by atoms with van der Waals surface area (Å²) in [5.74, 6) is 0.741. The van der Waals surface area contributed by atoms with E-state index in [0.29, 0.717) is 35.5 Å². The predicted molar refractivity (Wildman–Crippen MR) is 104 cm³/mol. The third-order valence-corrected chi connectivity index (χ3v) is 4.78. The van der Waals surface area contributed by atoms with Crippen LogP contribution in [0.3, 0.4) is 0 Å². The smallest absolute Gasteiger partial charge is 0.147 e. The first kappa shape index (κ1) is 17.4. The Morgan fingerprint density at radius 2 is 1.92 bits per heavy atom. The Kier molecular flexibility index (Phi) is 5.17. The molecule has 0 spiro atoms. The highest BCUT2D eigenvalue weighted by molar-refractivity contribution is 6.35. The average molecular weight is 390 g/mol. The molecule has 0 atom stereocenters. The van der Waals surface area contributed by atoms with Gasteiger partial charge >= 0.3 is 0 Å². The number of aromatic nitrogens is 3. The van der Waals surface area contributed by atoms with Crippen molar-refractivity contribution < 1.29 is 4.74 Å². The van der Waals surface area contributed by atoms with E-state index in [1.807, 2.05) is 24.3 Å². The fraction of sp³-hybridized carbons (Fsp3) is 0.278. The van der Waals surface area contributed by atoms with Gasteiger partial charge in [0.2, 0.25) is 0 Å². The SMILES string of the molecule is Clc1ccc(Cl)c(N=C(CN2CCOCC2)n2nnc3ccccc32)c1. The minimum Gasteiger partial charge on any atom is -0.379 e. The van der Waals surface area contributed by atoms with E-state index in [-0.39, 0.29) is 0 Å². The van der Waals surface area contributed by atoms with Crippen LogP contribution in [-0.2, 0) is 4.74 Å². The zero-order chi connectivity index (χ0) is 17.9. The van der Waals surface area contributed by atoms with Crippen molar-refractivity contribution in [3.63, 3.8) is 0 Å². The van der Waals surface area contributed by atoms with Crippen LogP contribution >= 0.6 is 23.2 Å². The Labute approximate surface area is 161 Å². The fourth-order valence-electron chi connectivity index (χ4n) is 2.88. The van der Waals surface area contributed by atoms with Gasteiger partial charge in [0.05, 0.1) is 36.0 Å². The van der Waals surface area contributed by atoms with Crippen molar-refractivity contribution in [3.05, 3.63) is 52.5 Å². The van der Waals surface area contributed by atoms with Gasteiger partial charge < -0.3 is 4.74 Å². The number of hydrogen-bond acceptors (Lipinski definition) is 5. The second-order valence-corrected chi connectivity index (χ2v) is 6.85. The summed E-state index contributed by atoms with van der Waals surface area (Å²) in [6.07, 6.45) is 0. The van der Waals surface area contributed by atoms with Crippen LogP contribution in [-0.4, -0.2) is 58.6 Å². The molecule has 0 N–H and O–H groups in total. The Balaban J connectivity index is 1.78. The van der Waals surface area contributed by atoms with E-state index in [1.165, 1.54) is 0 Å². The van der Waals surface area contributed by atoms with E-state index in [9.17, 15) is 0 Å². The molecule has 8 heteroatoms. The van der Waals surface area contributed by atoms with Crippen LogP contribution in [0.1, 0.15) is 0 Å². The number of ether oxygens (including phenoxy) is 1. The zero-order valence-corrected chi connectivity index (χ0v) is 15.5. The van der Waals surface area contributed by atoms with Crippen molar-refractivity contribution in [2.75, 3.05) is 32.8 Å². The van der Waals surface area contributed by atoms with Gasteiger partial charge in [0.1, 0.15) is 11.4 Å². The minimum atomic E-state index is 0.540. The molecule has 3 aromatic rings. The topological polar surface area (TPSA) is 55.5 Å². The second kappa shape index (κ2) is 7.72. The number of hydrogen-bond donors (Lipinski definition) is 0. The number of aliphatic imine (C=N–C) groups is 1. The molecular weight excluding hydrogens is 373 g/mol. The predicted octanol–water partition coefficient (Wildman–Crippen LogP) is 3.65. The van der Waals surface area contributed by atoms with Crippen LogP contribution in [0.5, 0.6) is 0 Å². The number of para-hydroxylation sites is 1. The molecule has 4 rings (SSSR count). The highest BCUT2D eigenvalue weighted by Gasteiger charge is 2.17. The largest absolute Gasteiger partial charge is 0.379 e. The molecule has 1 aromatic heterocycles. The third kappa shape index (κ3) is 3.73. The van der Waals surface area contributed by atoms with Gasteiger partial charge in [-0.2, -0.15) is 4.68 Å². The van der Waals surface area contributed by atoms with E-state index in [0.717, 1.165) is 30.0 Å². The lowest BCUT2D eigenvalue weighted by atomic mass is 10.3. The van der Waals surface area contributed by atoms with Crippen molar-refractivity contribution in [2.45, 2.75) is 0 Å². The highest BCUT2D eigenvalue weighted by Crippen LogP contribution is 2.28. The van der Waals surface area contributed by atoms with E-state index < -0.39 is 0 Å². The van der Waals surface area contributed by atoms with Crippen LogP contribution in [0, 0.1) is 0 Å². The monoisotopic (exact) mass is 389 g/mol. The molecule has 0 radical (unpaired) electrons. The fourth-order valence-corrected chi connectivity index (χ4v) is 3.21. The number of fused-ring (bicyclic) bond motifs is 1. The number of halogens is 2. The van der Waals surface area contributed by atoms with Crippen LogP contribution in [0.2, 0.25) is 10.0 Å². The summed E-state index contributed by atoms with van der Waals surface area (Å²) < 4.78 is 7.21. The average Bonchev–Trinajstić information content (AvgIpc) is 3.09. The molecule has 134 valence electrons. The number of morpholine rings is 1. The summed E-state index contributed by atoms with van der Waals surface area (Å²) in [6, 6.07) is 13.0. The van der Waals surface area contributed by atoms with Crippen LogP contribution in [0.4, 0.5) is 5.69 Å². The van der Waals surface area contributed by atoms with Gasteiger partial charge in [0.25, 0.3) is 0 Å². The third-order valence-electron chi connectivity index (χ3n) is 4.22. The summed E-state index contributed by atoms with van der Waals surface area (Å²) in [7, 11) is 0. The number of rotatable bonds is 3. The Hall–Kier alpha value is -1.99. The van der Waals surface area contributed by atoms with Gasteiger partial charge in [0, 0.05) is 18.1 Å². The molecule has 6 nitrogen and oxygen atoms in total. The molecule has 0 saturated carbocycles. The lowest BCUT2D eigenvalue weighted by Gasteiger charge is -2.27. The number of benzene rings is 2. The Bertz CT molecular complexity index is 950. The molecule has 0 amide bonds. The van der Waals surface area contributed by atoms with Crippen molar-refractivity contribution in [1.29, 1.82) is 0 Å². The van der Waals surface area contributed by atoms with Crippen molar-refractivity contribution in [3.8, 4) is 0 Å². The molecule has 0 aliphatic carbocycles. The highest BCUT2D eigenvalue weighted by atomic mass is 35.5. The van der Waals surface area contributed by atoms with E-state index in [2.05, 4.69) is 15.2 Å². The molecule has 1 aliphatic rings. The lowest BCUT2D eigenvalue weighted by Crippen LogP contribution is -2.41. The van der Waals surface area contributed by atoms with Gasteiger partial charge in [-0.25, -0.2) is 4.99 Å². The summed E-state index contributed by atoms with van der Waals surface area (Å²) in [6.45, 7) is 3.72. The number of nitrogens with zero attached hydrogens (tertiary/aromatic N) is 5. The van der Waals surface area contributed by atoms with Crippen LogP contribution in [0.25, 0.3) is 11.0 Å². The molecule has 26 heavy (non-hydrogen) atoms. The van der Waals surface area contributed by atoms with E-state index >= 15 is 0 Å². The molecule has 1 aliphatic heterocycles. The van der Waals surface area contributed by atoms with Gasteiger partial charge in [0.15, 0.2) is 0 Å². The van der Waals surface area contributed by atoms with Crippen LogP contribution < -0.4 is 0 Å². The van der Waals surface area contributed by atoms with Crippen LogP contribution in [0.15, 0.2) is 47.5 Å². The maximum Gasteiger partial charge on any atom is 0.147 e. The van der Waals surface area contributed by atoms with Gasteiger partial charge in [-0.15, -0.1) is 5.10 Å². The van der Waals surface area contributed by atoms with E-state index in [4.69, 9.17) is 32.9 Å². The Morgan fingerprint density at radius 3 is 2.77 bits per heavy atom. The maximum absolute atomic E-state index is 6.32. The molecular formula is C18H17Cl2N5O. The molecule has 1 saturated heterocycles. The molecule has 0 unspecified atom stereocenters. The zero-order valence-electron chi connectivity index (χ0n) is 14.0. The molecule has 2 heterocycles. The normalized spacial score (nSPS) is 16.3. The first-order valence-corrected chi connectivity index (χ1v) is 9.10. The minimum absolute atomic E-state index is 0.540. The summed E-state index contributed by atoms with van der Waals surface area (Å²) >= 11 is 12.4. The van der Waals surface area contributed by atoms with Crippen molar-refractivity contribution >= 4 is 45.8 Å². The first-order chi connectivity index (χ1) is 12.7. The summed E-state index contributed by atoms with van der Waals surface area (Å²) in [5, 5.41) is 9.68. The van der Waals surface area contributed by atoms with E-state index in [1.54, 1.807) is 22.9 Å². The second-order valence-electron chi connectivity index (χ2n) is 6.00. The summed E-state index contributed by atoms with van der Waals surface area (Å²) in [4.78, 5) is 7.06. The summed E-state index contributed by atoms with van der Waals surface area (Å²) in [5.41, 5.74) is 2.33. The quantitative estimate of drug-likeness (QED) is 0.506. The first-order valence-electron chi connectivity index (χ1n) is 8.34. The molecule has 2 aromatic carbocycles. The lowest BCUT2D eigenvalue weighted by molar-refractivity contribution is 0.0449. The van der Waals surface area contributed by atoms with Gasteiger partial charge in [-0.05, 0) is 30.3 Å². The van der Waals surface area contributed by atoms with Crippen molar-refractivity contribution in [1.82, 2.24) is 19.9 Å². The molecule has 1 fully saturated rings. The molecule has 0 bridgehead atoms. The standard InChI is InChI=1S/C18H17Cl2N5O/c19-13-5-6-14(20)16(11-13)21-18(12-24-7-9-26-10-8-24)25-17-4-2-1-3-15(17)22-23-25/h1-6,11H,7-10,12H2. The van der Waals surface area contributed by atoms with Gasteiger partial charge in [-0.3, -0.25) is 4.90 Å². The van der Waals surface area contributed by atoms with Gasteiger partial charge in [-0.1, -0.05) is 40.5 Å². The Morgan fingerprint density at radius 1 is 1.12 bits per heavy atom.